The lowest BCUT2D eigenvalue weighted by Gasteiger charge is -2.32. The van der Waals surface area contributed by atoms with Gasteiger partial charge in [-0.25, -0.2) is 0 Å². The first-order valence-electron chi connectivity index (χ1n) is 19.8. The number of benzene rings is 9. The third kappa shape index (κ3) is 4.47. The van der Waals surface area contributed by atoms with Crippen LogP contribution in [0.1, 0.15) is 22.3 Å². The average Bonchev–Trinajstić information content (AvgIpc) is 3.89. The van der Waals surface area contributed by atoms with Crippen molar-refractivity contribution >= 4 is 38.9 Å². The second-order valence-electron chi connectivity index (χ2n) is 15.2. The lowest BCUT2D eigenvalue weighted by molar-refractivity contribution is 0.793. The second-order valence-corrected chi connectivity index (χ2v) is 15.2. The van der Waals surface area contributed by atoms with E-state index in [2.05, 4.69) is 228 Å². The van der Waals surface area contributed by atoms with Gasteiger partial charge in [0.25, 0.3) is 0 Å². The van der Waals surface area contributed by atoms with Crippen LogP contribution in [0.5, 0.6) is 0 Å². The zero-order chi connectivity index (χ0) is 37.5. The fourth-order valence-electron chi connectivity index (χ4n) is 10.2. The maximum absolute atomic E-state index is 2.48. The molecule has 0 saturated heterocycles. The van der Waals surface area contributed by atoms with Gasteiger partial charge < -0.3 is 9.47 Å². The minimum Gasteiger partial charge on any atom is -0.310 e. The summed E-state index contributed by atoms with van der Waals surface area (Å²) in [7, 11) is 0. The van der Waals surface area contributed by atoms with Crippen LogP contribution in [0.3, 0.4) is 0 Å². The van der Waals surface area contributed by atoms with Crippen LogP contribution >= 0.6 is 0 Å². The summed E-state index contributed by atoms with van der Waals surface area (Å²) in [6, 6.07) is 80.4. The van der Waals surface area contributed by atoms with Crippen molar-refractivity contribution in [1.29, 1.82) is 0 Å². The molecule has 1 heterocycles. The molecule has 0 saturated carbocycles. The van der Waals surface area contributed by atoms with Crippen molar-refractivity contribution in [3.63, 3.8) is 0 Å². The standard InChI is InChI=1S/C55H36N2/c1-4-17-37(18-5-1)42-26-16-30-53-54(42)47-35-40(32-34-52(47)57(53)39-21-8-3-9-22-39)56(38-19-6-2-7-20-38)41-31-33-46-45-25-12-15-29-50(45)55(51(46)36-41)48-27-13-10-23-43(48)44-24-11-14-28-49(44)55/h1-36H. The highest BCUT2D eigenvalue weighted by atomic mass is 15.1. The Morgan fingerprint density at radius 1 is 0.333 bits per heavy atom. The SMILES string of the molecule is c1ccc(-c2cccc3c2c2cc(N(c4ccccc4)c4ccc5c(c4)C4(c6ccccc6-c6ccccc64)c4ccccc4-5)ccc2n3-c2ccccc2)cc1. The van der Waals surface area contributed by atoms with Gasteiger partial charge in [0.1, 0.15) is 0 Å². The molecule has 1 aromatic heterocycles. The highest BCUT2D eigenvalue weighted by molar-refractivity contribution is 6.16. The van der Waals surface area contributed by atoms with Crippen LogP contribution in [0.4, 0.5) is 17.1 Å². The number of rotatable bonds is 5. The van der Waals surface area contributed by atoms with E-state index in [1.807, 2.05) is 0 Å². The zero-order valence-electron chi connectivity index (χ0n) is 31.2. The van der Waals surface area contributed by atoms with Crippen molar-refractivity contribution in [1.82, 2.24) is 4.57 Å². The van der Waals surface area contributed by atoms with Crippen molar-refractivity contribution in [2.45, 2.75) is 5.41 Å². The van der Waals surface area contributed by atoms with Crippen LogP contribution in [0, 0.1) is 0 Å². The lowest BCUT2D eigenvalue weighted by atomic mass is 9.70. The van der Waals surface area contributed by atoms with E-state index >= 15 is 0 Å². The second kappa shape index (κ2) is 12.3. The topological polar surface area (TPSA) is 8.17 Å². The molecular formula is C55H36N2. The summed E-state index contributed by atoms with van der Waals surface area (Å²) in [6.07, 6.45) is 0. The van der Waals surface area contributed by atoms with Crippen LogP contribution in [0.2, 0.25) is 0 Å². The number of fused-ring (bicyclic) bond motifs is 13. The molecule has 0 unspecified atom stereocenters. The molecule has 12 rings (SSSR count). The van der Waals surface area contributed by atoms with Gasteiger partial charge in [-0.3, -0.25) is 0 Å². The van der Waals surface area contributed by atoms with E-state index < -0.39 is 5.41 Å². The zero-order valence-corrected chi connectivity index (χ0v) is 31.2. The molecular weight excluding hydrogens is 689 g/mol. The Labute approximate surface area is 332 Å². The van der Waals surface area contributed by atoms with Gasteiger partial charge in [-0.2, -0.15) is 0 Å². The van der Waals surface area contributed by atoms with Gasteiger partial charge in [0.05, 0.1) is 16.4 Å². The first-order chi connectivity index (χ1) is 28.3. The van der Waals surface area contributed by atoms with E-state index in [1.165, 1.54) is 77.4 Å². The molecule has 266 valence electrons. The number of nitrogens with zero attached hydrogens (tertiary/aromatic N) is 2. The van der Waals surface area contributed by atoms with Crippen LogP contribution in [0.15, 0.2) is 218 Å². The predicted octanol–water partition coefficient (Wildman–Crippen LogP) is 14.3. The normalized spacial score (nSPS) is 13.1. The van der Waals surface area contributed by atoms with Crippen molar-refractivity contribution in [3.8, 4) is 39.1 Å². The number of anilines is 3. The number of para-hydroxylation sites is 2. The third-order valence-electron chi connectivity index (χ3n) is 12.4. The van der Waals surface area contributed by atoms with E-state index in [0.717, 1.165) is 22.7 Å². The van der Waals surface area contributed by atoms with E-state index in [1.54, 1.807) is 0 Å². The summed E-state index contributed by atoms with van der Waals surface area (Å²) in [4.78, 5) is 2.44. The van der Waals surface area contributed by atoms with Crippen molar-refractivity contribution < 1.29 is 0 Å². The van der Waals surface area contributed by atoms with Crippen LogP contribution in [-0.4, -0.2) is 4.57 Å². The Hall–Kier alpha value is -7.42. The number of hydrogen-bond acceptors (Lipinski definition) is 1. The average molecular weight is 725 g/mol. The van der Waals surface area contributed by atoms with Gasteiger partial charge in [-0.05, 0) is 116 Å². The van der Waals surface area contributed by atoms with Gasteiger partial charge >= 0.3 is 0 Å². The number of hydrogen-bond donors (Lipinski definition) is 0. The summed E-state index contributed by atoms with van der Waals surface area (Å²) in [5.74, 6) is 0. The highest BCUT2D eigenvalue weighted by Crippen LogP contribution is 2.63. The molecule has 0 radical (unpaired) electrons. The van der Waals surface area contributed by atoms with Crippen LogP contribution < -0.4 is 4.90 Å². The largest absolute Gasteiger partial charge is 0.310 e. The summed E-state index contributed by atoms with van der Waals surface area (Å²) >= 11 is 0. The van der Waals surface area contributed by atoms with Crippen LogP contribution in [0.25, 0.3) is 60.9 Å². The Balaban J connectivity index is 1.13. The minimum atomic E-state index is -0.422. The smallest absolute Gasteiger partial charge is 0.0726 e. The maximum atomic E-state index is 2.48. The van der Waals surface area contributed by atoms with Crippen molar-refractivity contribution in [2.75, 3.05) is 4.90 Å². The molecule has 0 atom stereocenters. The van der Waals surface area contributed by atoms with E-state index in [4.69, 9.17) is 0 Å². The number of aromatic nitrogens is 1. The Bertz CT molecular complexity index is 3110. The summed E-state index contributed by atoms with van der Waals surface area (Å²) in [6.45, 7) is 0. The predicted molar refractivity (Wildman–Crippen MR) is 237 cm³/mol. The van der Waals surface area contributed by atoms with Gasteiger partial charge in [-0.15, -0.1) is 0 Å². The first kappa shape index (κ1) is 31.9. The minimum absolute atomic E-state index is 0.422. The third-order valence-corrected chi connectivity index (χ3v) is 12.4. The first-order valence-corrected chi connectivity index (χ1v) is 19.8. The van der Waals surface area contributed by atoms with Crippen molar-refractivity contribution in [3.05, 3.63) is 241 Å². The fourth-order valence-corrected chi connectivity index (χ4v) is 10.2. The molecule has 0 bridgehead atoms. The molecule has 0 aliphatic heterocycles. The quantitative estimate of drug-likeness (QED) is 0.172. The molecule has 57 heavy (non-hydrogen) atoms. The van der Waals surface area contributed by atoms with Crippen LogP contribution in [-0.2, 0) is 5.41 Å². The van der Waals surface area contributed by atoms with E-state index in [0.29, 0.717) is 0 Å². The molecule has 2 aliphatic rings. The monoisotopic (exact) mass is 724 g/mol. The highest BCUT2D eigenvalue weighted by Gasteiger charge is 2.51. The molecule has 2 heteroatoms. The Morgan fingerprint density at radius 2 is 0.842 bits per heavy atom. The summed E-state index contributed by atoms with van der Waals surface area (Å²) in [5.41, 5.74) is 19.5. The lowest BCUT2D eigenvalue weighted by Crippen LogP contribution is -2.26. The molecule has 2 aliphatic carbocycles. The molecule has 0 amide bonds. The summed E-state index contributed by atoms with van der Waals surface area (Å²) in [5, 5.41) is 2.47. The van der Waals surface area contributed by atoms with Gasteiger partial charge in [0.2, 0.25) is 0 Å². The summed E-state index contributed by atoms with van der Waals surface area (Å²) < 4.78 is 2.42. The molecule has 0 fully saturated rings. The molecule has 10 aromatic rings. The van der Waals surface area contributed by atoms with E-state index in [-0.39, 0.29) is 0 Å². The van der Waals surface area contributed by atoms with Crippen molar-refractivity contribution in [2.24, 2.45) is 0 Å². The molecule has 1 spiro atoms. The fraction of sp³-hybridized carbons (Fsp3) is 0.0182. The van der Waals surface area contributed by atoms with Gasteiger partial charge in [-0.1, -0.05) is 158 Å². The van der Waals surface area contributed by atoms with Gasteiger partial charge in [0.15, 0.2) is 0 Å². The van der Waals surface area contributed by atoms with Gasteiger partial charge in [0, 0.05) is 33.5 Å². The van der Waals surface area contributed by atoms with E-state index in [9.17, 15) is 0 Å². The Kier molecular flexibility index (Phi) is 6.88. The molecule has 9 aromatic carbocycles. The molecule has 0 N–H and O–H groups in total. The Morgan fingerprint density at radius 3 is 1.49 bits per heavy atom. The molecule has 2 nitrogen and oxygen atoms in total. The maximum Gasteiger partial charge on any atom is 0.0726 e.